The molecule has 19 heavy (non-hydrogen) atoms. The third-order valence-electron chi connectivity index (χ3n) is 2.74. The number of hydrogen-bond acceptors (Lipinski definition) is 3. The number of hydrogen-bond donors (Lipinski definition) is 1. The Morgan fingerprint density at radius 3 is 2.68 bits per heavy atom. The van der Waals surface area contributed by atoms with Crippen LogP contribution < -0.4 is 10.1 Å². The molecule has 1 aromatic carbocycles. The van der Waals surface area contributed by atoms with Crippen molar-refractivity contribution in [1.82, 2.24) is 4.98 Å². The summed E-state index contributed by atoms with van der Waals surface area (Å²) in [5.41, 5.74) is 2.23. The number of ether oxygens (including phenoxy) is 1. The van der Waals surface area contributed by atoms with Crippen LogP contribution >= 0.6 is 11.6 Å². The van der Waals surface area contributed by atoms with Crippen molar-refractivity contribution in [3.8, 4) is 5.75 Å². The molecule has 0 spiro atoms. The molecule has 0 aliphatic rings. The first-order valence-corrected chi connectivity index (χ1v) is 6.18. The van der Waals surface area contributed by atoms with Gasteiger partial charge < -0.3 is 10.1 Å². The standard InChI is InChI=1S/C14H14ClFN2O/c1-19-12-4-2-10(3-5-12)8-17-13-6-14(15)18-9-11(13)7-16/h2-6,9H,7-8H2,1H3,(H,17,18). The van der Waals surface area contributed by atoms with Gasteiger partial charge in [-0.05, 0) is 23.8 Å². The van der Waals surface area contributed by atoms with E-state index in [1.807, 2.05) is 24.3 Å². The minimum Gasteiger partial charge on any atom is -0.497 e. The number of aromatic nitrogens is 1. The van der Waals surface area contributed by atoms with Gasteiger partial charge in [-0.3, -0.25) is 0 Å². The van der Waals surface area contributed by atoms with Gasteiger partial charge in [0.15, 0.2) is 0 Å². The van der Waals surface area contributed by atoms with Crippen molar-refractivity contribution in [2.75, 3.05) is 12.4 Å². The van der Waals surface area contributed by atoms with E-state index in [9.17, 15) is 4.39 Å². The molecule has 0 aliphatic heterocycles. The highest BCUT2D eigenvalue weighted by Gasteiger charge is 2.04. The highest BCUT2D eigenvalue weighted by molar-refractivity contribution is 6.29. The van der Waals surface area contributed by atoms with Gasteiger partial charge in [0.05, 0.1) is 7.11 Å². The molecule has 3 nitrogen and oxygen atoms in total. The van der Waals surface area contributed by atoms with Crippen molar-refractivity contribution in [3.63, 3.8) is 0 Å². The average molecular weight is 281 g/mol. The molecule has 100 valence electrons. The summed E-state index contributed by atoms with van der Waals surface area (Å²) < 4.78 is 17.9. The van der Waals surface area contributed by atoms with E-state index < -0.39 is 6.67 Å². The van der Waals surface area contributed by atoms with Crippen molar-refractivity contribution in [1.29, 1.82) is 0 Å². The first kappa shape index (κ1) is 13.6. The SMILES string of the molecule is COc1ccc(CNc2cc(Cl)ncc2CF)cc1. The van der Waals surface area contributed by atoms with E-state index in [4.69, 9.17) is 16.3 Å². The zero-order chi connectivity index (χ0) is 13.7. The molecular weight excluding hydrogens is 267 g/mol. The molecule has 2 rings (SSSR count). The topological polar surface area (TPSA) is 34.1 Å². The Balaban J connectivity index is 2.07. The number of pyridine rings is 1. The quantitative estimate of drug-likeness (QED) is 0.845. The first-order valence-electron chi connectivity index (χ1n) is 5.80. The Labute approximate surface area is 116 Å². The van der Waals surface area contributed by atoms with Crippen LogP contribution in [0.25, 0.3) is 0 Å². The molecule has 0 atom stereocenters. The van der Waals surface area contributed by atoms with Crippen LogP contribution in [0.5, 0.6) is 5.75 Å². The molecule has 1 heterocycles. The highest BCUT2D eigenvalue weighted by Crippen LogP contribution is 2.21. The molecular formula is C14H14ClFN2O. The second-order valence-corrected chi connectivity index (χ2v) is 4.39. The molecule has 0 aliphatic carbocycles. The minimum atomic E-state index is -0.574. The average Bonchev–Trinajstić information content (AvgIpc) is 2.46. The summed E-state index contributed by atoms with van der Waals surface area (Å²) >= 11 is 5.81. The van der Waals surface area contributed by atoms with Gasteiger partial charge in [0, 0.05) is 24.0 Å². The zero-order valence-electron chi connectivity index (χ0n) is 10.5. The van der Waals surface area contributed by atoms with E-state index in [0.29, 0.717) is 22.9 Å². The van der Waals surface area contributed by atoms with Crippen molar-refractivity contribution >= 4 is 17.3 Å². The smallest absolute Gasteiger partial charge is 0.131 e. The number of halogens is 2. The predicted octanol–water partition coefficient (Wildman–Crippen LogP) is 3.83. The molecule has 0 radical (unpaired) electrons. The summed E-state index contributed by atoms with van der Waals surface area (Å²) in [7, 11) is 1.62. The van der Waals surface area contributed by atoms with E-state index in [1.165, 1.54) is 6.20 Å². The molecule has 0 bridgehead atoms. The third kappa shape index (κ3) is 3.58. The number of nitrogens with zero attached hydrogens (tertiary/aromatic N) is 1. The van der Waals surface area contributed by atoms with Crippen molar-refractivity contribution in [3.05, 3.63) is 52.8 Å². The largest absolute Gasteiger partial charge is 0.497 e. The van der Waals surface area contributed by atoms with Gasteiger partial charge in [-0.1, -0.05) is 23.7 Å². The lowest BCUT2D eigenvalue weighted by molar-refractivity contribution is 0.414. The maximum absolute atomic E-state index is 12.8. The number of alkyl halides is 1. The third-order valence-corrected chi connectivity index (χ3v) is 2.95. The van der Waals surface area contributed by atoms with Gasteiger partial charge in [-0.15, -0.1) is 0 Å². The summed E-state index contributed by atoms with van der Waals surface area (Å²) in [4.78, 5) is 3.86. The van der Waals surface area contributed by atoms with Crippen molar-refractivity contribution in [2.24, 2.45) is 0 Å². The normalized spacial score (nSPS) is 10.3. The molecule has 0 saturated carbocycles. The van der Waals surface area contributed by atoms with Crippen LogP contribution in [0, 0.1) is 0 Å². The fourth-order valence-corrected chi connectivity index (χ4v) is 1.83. The van der Waals surface area contributed by atoms with Crippen LogP contribution in [0.2, 0.25) is 5.15 Å². The van der Waals surface area contributed by atoms with Crippen LogP contribution in [0.4, 0.5) is 10.1 Å². The zero-order valence-corrected chi connectivity index (χ0v) is 11.2. The lowest BCUT2D eigenvalue weighted by Crippen LogP contribution is -2.02. The second-order valence-electron chi connectivity index (χ2n) is 4.00. The van der Waals surface area contributed by atoms with E-state index in [-0.39, 0.29) is 0 Å². The van der Waals surface area contributed by atoms with Gasteiger partial charge in [-0.25, -0.2) is 9.37 Å². The van der Waals surface area contributed by atoms with Gasteiger partial charge in [0.25, 0.3) is 0 Å². The van der Waals surface area contributed by atoms with Crippen molar-refractivity contribution in [2.45, 2.75) is 13.2 Å². The molecule has 0 saturated heterocycles. The monoisotopic (exact) mass is 280 g/mol. The maximum Gasteiger partial charge on any atom is 0.131 e. The van der Waals surface area contributed by atoms with Gasteiger partial charge >= 0.3 is 0 Å². The summed E-state index contributed by atoms with van der Waals surface area (Å²) in [6.07, 6.45) is 1.44. The Morgan fingerprint density at radius 1 is 1.32 bits per heavy atom. The highest BCUT2D eigenvalue weighted by atomic mass is 35.5. The van der Waals surface area contributed by atoms with E-state index in [1.54, 1.807) is 13.2 Å². The Bertz CT molecular complexity index is 546. The van der Waals surface area contributed by atoms with Crippen LogP contribution in [0.3, 0.4) is 0 Å². The minimum absolute atomic E-state index is 0.342. The Hall–Kier alpha value is -1.81. The Morgan fingerprint density at radius 2 is 2.05 bits per heavy atom. The molecule has 0 fully saturated rings. The lowest BCUT2D eigenvalue weighted by Gasteiger charge is -2.10. The Kier molecular flexibility index (Phi) is 4.58. The summed E-state index contributed by atoms with van der Waals surface area (Å²) in [5.74, 6) is 0.806. The first-order chi connectivity index (χ1) is 9.22. The summed E-state index contributed by atoms with van der Waals surface area (Å²) in [5, 5.41) is 3.50. The van der Waals surface area contributed by atoms with E-state index >= 15 is 0 Å². The number of rotatable bonds is 5. The molecule has 0 unspecified atom stereocenters. The predicted molar refractivity (Wildman–Crippen MR) is 74.4 cm³/mol. The molecule has 0 amide bonds. The summed E-state index contributed by atoms with van der Waals surface area (Å²) in [6.45, 7) is 0.00640. The maximum atomic E-state index is 12.8. The number of anilines is 1. The number of benzene rings is 1. The van der Waals surface area contributed by atoms with E-state index in [0.717, 1.165) is 11.3 Å². The van der Waals surface area contributed by atoms with Crippen LogP contribution in [0.1, 0.15) is 11.1 Å². The van der Waals surface area contributed by atoms with Gasteiger partial charge in [-0.2, -0.15) is 0 Å². The van der Waals surface area contributed by atoms with E-state index in [2.05, 4.69) is 10.3 Å². The van der Waals surface area contributed by atoms with Crippen molar-refractivity contribution < 1.29 is 9.13 Å². The van der Waals surface area contributed by atoms with Crippen LogP contribution in [-0.4, -0.2) is 12.1 Å². The summed E-state index contributed by atoms with van der Waals surface area (Å²) in [6, 6.07) is 9.28. The number of nitrogens with one attached hydrogen (secondary N) is 1. The fraction of sp³-hybridized carbons (Fsp3) is 0.214. The number of methoxy groups -OCH3 is 1. The molecule has 1 N–H and O–H groups in total. The van der Waals surface area contributed by atoms with Gasteiger partial charge in [0.1, 0.15) is 17.6 Å². The van der Waals surface area contributed by atoms with Crippen LogP contribution in [0.15, 0.2) is 36.5 Å². The molecule has 2 aromatic rings. The van der Waals surface area contributed by atoms with Gasteiger partial charge in [0.2, 0.25) is 0 Å². The lowest BCUT2D eigenvalue weighted by atomic mass is 10.2. The molecule has 1 aromatic heterocycles. The second kappa shape index (κ2) is 6.38. The molecule has 5 heteroatoms. The van der Waals surface area contributed by atoms with Crippen LogP contribution in [-0.2, 0) is 13.2 Å². The fourth-order valence-electron chi connectivity index (χ4n) is 1.67.